The quantitative estimate of drug-likeness (QED) is 0.477. The molecule has 0 amide bonds. The topological polar surface area (TPSA) is 118 Å². The van der Waals surface area contributed by atoms with Crippen molar-refractivity contribution in [1.82, 2.24) is 0 Å². The predicted molar refractivity (Wildman–Crippen MR) is 103 cm³/mol. The van der Waals surface area contributed by atoms with Crippen LogP contribution in [0.1, 0.15) is 24.0 Å². The van der Waals surface area contributed by atoms with Crippen LogP contribution in [0.3, 0.4) is 0 Å². The molecule has 2 aliphatic heterocycles. The van der Waals surface area contributed by atoms with Gasteiger partial charge >= 0.3 is 0 Å². The van der Waals surface area contributed by atoms with Crippen molar-refractivity contribution in [2.75, 3.05) is 13.2 Å². The molecule has 7 unspecified atom stereocenters. The molecule has 2 aliphatic rings. The van der Waals surface area contributed by atoms with E-state index in [2.05, 4.69) is 6.58 Å². The van der Waals surface area contributed by atoms with Crippen LogP contribution in [0.5, 0.6) is 0 Å². The number of aliphatic hydroxyl groups excluding tert-OH is 4. The van der Waals surface area contributed by atoms with Crippen LogP contribution < -0.4 is 0 Å². The average Bonchev–Trinajstić information content (AvgIpc) is 2.70. The van der Waals surface area contributed by atoms with E-state index in [0.29, 0.717) is 5.57 Å². The zero-order chi connectivity index (χ0) is 21.0. The second-order valence-corrected chi connectivity index (χ2v) is 7.55. The minimum atomic E-state index is -0.909. The number of benzene rings is 1. The first-order valence-corrected chi connectivity index (χ1v) is 9.81. The molecule has 4 N–H and O–H groups in total. The zero-order valence-corrected chi connectivity index (χ0v) is 16.5. The van der Waals surface area contributed by atoms with Crippen molar-refractivity contribution >= 4 is 0 Å². The molecule has 1 aromatic carbocycles. The van der Waals surface area contributed by atoms with E-state index in [1.54, 1.807) is 0 Å². The van der Waals surface area contributed by atoms with E-state index in [1.807, 2.05) is 31.2 Å². The summed E-state index contributed by atoms with van der Waals surface area (Å²) in [6.07, 6.45) is -5.38. The Bertz CT molecular complexity index is 663. The van der Waals surface area contributed by atoms with E-state index < -0.39 is 43.1 Å². The first-order valence-electron chi connectivity index (χ1n) is 9.81. The van der Waals surface area contributed by atoms with Crippen LogP contribution >= 0.6 is 0 Å². The van der Waals surface area contributed by atoms with Crippen molar-refractivity contribution < 1.29 is 39.4 Å². The number of aliphatic hydroxyl groups is 4. The van der Waals surface area contributed by atoms with Gasteiger partial charge in [0.1, 0.15) is 18.3 Å². The van der Waals surface area contributed by atoms with Gasteiger partial charge < -0.3 is 39.4 Å². The summed E-state index contributed by atoms with van der Waals surface area (Å²) in [6, 6.07) is 7.85. The summed E-state index contributed by atoms with van der Waals surface area (Å²) in [5.74, 6) is 0. The fourth-order valence-electron chi connectivity index (χ4n) is 3.53. The Hall–Kier alpha value is -1.36. The fraction of sp³-hybridized carbons (Fsp3) is 0.619. The Labute approximate surface area is 170 Å². The van der Waals surface area contributed by atoms with E-state index in [1.165, 1.54) is 0 Å². The maximum absolute atomic E-state index is 10.5. The molecule has 162 valence electrons. The molecular weight excluding hydrogens is 380 g/mol. The third kappa shape index (κ3) is 5.62. The summed E-state index contributed by atoms with van der Waals surface area (Å²) >= 11 is 0. The molecule has 2 heterocycles. The lowest BCUT2D eigenvalue weighted by Gasteiger charge is -2.41. The lowest BCUT2D eigenvalue weighted by Crippen LogP contribution is -2.53. The maximum atomic E-state index is 10.5. The van der Waals surface area contributed by atoms with Gasteiger partial charge in [0, 0.05) is 12.8 Å². The zero-order valence-electron chi connectivity index (χ0n) is 16.5. The van der Waals surface area contributed by atoms with Crippen molar-refractivity contribution in [3.63, 3.8) is 0 Å². The molecule has 0 spiro atoms. The minimum absolute atomic E-state index is 0.121. The molecule has 29 heavy (non-hydrogen) atoms. The Kier molecular flexibility index (Phi) is 7.78. The van der Waals surface area contributed by atoms with Gasteiger partial charge in [0.25, 0.3) is 0 Å². The molecule has 0 bridgehead atoms. The molecule has 0 aromatic heterocycles. The highest BCUT2D eigenvalue weighted by molar-refractivity contribution is 5.20. The molecular formula is C21H30O8. The van der Waals surface area contributed by atoms with E-state index in [-0.39, 0.29) is 32.7 Å². The molecule has 7 atom stereocenters. The summed E-state index contributed by atoms with van der Waals surface area (Å²) < 4.78 is 22.9. The first kappa shape index (κ1) is 22.3. The highest BCUT2D eigenvalue weighted by Crippen LogP contribution is 2.29. The molecule has 2 fully saturated rings. The van der Waals surface area contributed by atoms with Crippen molar-refractivity contribution in [2.45, 2.75) is 69.5 Å². The SMILES string of the molecule is C=C1C(O)CC(OC2CC(O)C(OCc3ccc(C)cc3)C(CO)O2)OC1CO. The van der Waals surface area contributed by atoms with E-state index in [0.717, 1.165) is 11.1 Å². The summed E-state index contributed by atoms with van der Waals surface area (Å²) in [7, 11) is 0. The number of hydrogen-bond donors (Lipinski definition) is 4. The van der Waals surface area contributed by atoms with E-state index in [4.69, 9.17) is 18.9 Å². The first-order chi connectivity index (χ1) is 13.9. The Morgan fingerprint density at radius 2 is 1.72 bits per heavy atom. The smallest absolute Gasteiger partial charge is 0.164 e. The van der Waals surface area contributed by atoms with Gasteiger partial charge in [-0.25, -0.2) is 0 Å². The Morgan fingerprint density at radius 3 is 2.38 bits per heavy atom. The van der Waals surface area contributed by atoms with Crippen LogP contribution in [-0.4, -0.2) is 76.7 Å². The highest BCUT2D eigenvalue weighted by Gasteiger charge is 2.41. The summed E-state index contributed by atoms with van der Waals surface area (Å²) in [5, 5.41) is 39.7. The van der Waals surface area contributed by atoms with Crippen LogP contribution in [0, 0.1) is 6.92 Å². The van der Waals surface area contributed by atoms with Crippen LogP contribution in [0.25, 0.3) is 0 Å². The molecule has 1 aromatic rings. The van der Waals surface area contributed by atoms with Gasteiger partial charge in [0.15, 0.2) is 12.6 Å². The predicted octanol–water partition coefficient (Wildman–Crippen LogP) is 0.389. The van der Waals surface area contributed by atoms with Gasteiger partial charge in [0.2, 0.25) is 0 Å². The fourth-order valence-corrected chi connectivity index (χ4v) is 3.53. The van der Waals surface area contributed by atoms with Crippen LogP contribution in [0.2, 0.25) is 0 Å². The molecule has 8 heteroatoms. The largest absolute Gasteiger partial charge is 0.394 e. The Morgan fingerprint density at radius 1 is 1.03 bits per heavy atom. The maximum Gasteiger partial charge on any atom is 0.164 e. The van der Waals surface area contributed by atoms with Crippen LogP contribution in [0.15, 0.2) is 36.4 Å². The molecule has 8 nitrogen and oxygen atoms in total. The summed E-state index contributed by atoms with van der Waals surface area (Å²) in [4.78, 5) is 0. The number of aryl methyl sites for hydroxylation is 1. The second kappa shape index (κ2) is 10.1. The van der Waals surface area contributed by atoms with Gasteiger partial charge in [-0.3, -0.25) is 0 Å². The van der Waals surface area contributed by atoms with E-state index in [9.17, 15) is 20.4 Å². The van der Waals surface area contributed by atoms with Gasteiger partial charge in [0.05, 0.1) is 32.0 Å². The monoisotopic (exact) mass is 410 g/mol. The van der Waals surface area contributed by atoms with Gasteiger partial charge in [-0.05, 0) is 18.1 Å². The van der Waals surface area contributed by atoms with Crippen molar-refractivity contribution in [2.24, 2.45) is 0 Å². The standard InChI is InChI=1S/C21H30O8/c1-12-3-5-14(6-4-12)11-26-21-16(25)8-20(28-18(21)10-23)29-19-7-15(24)13(2)17(9-22)27-19/h3-6,15-25H,2,7-11H2,1H3. The van der Waals surface area contributed by atoms with E-state index >= 15 is 0 Å². The molecule has 0 saturated carbocycles. The lowest BCUT2D eigenvalue weighted by molar-refractivity contribution is -0.321. The van der Waals surface area contributed by atoms with Crippen LogP contribution in [-0.2, 0) is 25.6 Å². The molecule has 2 saturated heterocycles. The van der Waals surface area contributed by atoms with Gasteiger partial charge in [-0.1, -0.05) is 36.4 Å². The van der Waals surface area contributed by atoms with Gasteiger partial charge in [-0.2, -0.15) is 0 Å². The Balaban J connectivity index is 1.55. The van der Waals surface area contributed by atoms with Gasteiger partial charge in [-0.15, -0.1) is 0 Å². The normalized spacial score (nSPS) is 35.6. The lowest BCUT2D eigenvalue weighted by atomic mass is 9.99. The van der Waals surface area contributed by atoms with Crippen molar-refractivity contribution in [3.8, 4) is 0 Å². The van der Waals surface area contributed by atoms with Crippen LogP contribution in [0.4, 0.5) is 0 Å². The highest BCUT2D eigenvalue weighted by atomic mass is 16.8. The average molecular weight is 410 g/mol. The minimum Gasteiger partial charge on any atom is -0.394 e. The molecule has 0 aliphatic carbocycles. The number of hydrogen-bond acceptors (Lipinski definition) is 8. The third-order valence-electron chi connectivity index (χ3n) is 5.29. The third-order valence-corrected chi connectivity index (χ3v) is 5.29. The summed E-state index contributed by atoms with van der Waals surface area (Å²) in [5.41, 5.74) is 2.50. The van der Waals surface area contributed by atoms with Crippen molar-refractivity contribution in [3.05, 3.63) is 47.5 Å². The number of ether oxygens (including phenoxy) is 4. The number of rotatable bonds is 7. The molecule has 0 radical (unpaired) electrons. The summed E-state index contributed by atoms with van der Waals surface area (Å²) in [6.45, 7) is 5.33. The van der Waals surface area contributed by atoms with Crippen molar-refractivity contribution in [1.29, 1.82) is 0 Å². The molecule has 3 rings (SSSR count). The second-order valence-electron chi connectivity index (χ2n) is 7.55.